The van der Waals surface area contributed by atoms with Crippen molar-refractivity contribution in [3.05, 3.63) is 11.6 Å². The summed E-state index contributed by atoms with van der Waals surface area (Å²) in [5, 5.41) is 14.0. The molecule has 1 aliphatic rings. The van der Waals surface area contributed by atoms with Crippen LogP contribution in [-0.2, 0) is 29.1 Å². The summed E-state index contributed by atoms with van der Waals surface area (Å²) < 4.78 is 7.03. The van der Waals surface area contributed by atoms with Crippen LogP contribution in [0.2, 0.25) is 0 Å². The van der Waals surface area contributed by atoms with Gasteiger partial charge < -0.3 is 20.7 Å². The molecule has 1 aromatic heterocycles. The van der Waals surface area contributed by atoms with Crippen LogP contribution in [-0.4, -0.2) is 59.9 Å². The van der Waals surface area contributed by atoms with Crippen LogP contribution in [0.5, 0.6) is 0 Å². The third-order valence-electron chi connectivity index (χ3n) is 4.39. The second-order valence-electron chi connectivity index (χ2n) is 7.11. The number of aromatic nitrogens is 3. The molecule has 1 amide bonds. The van der Waals surface area contributed by atoms with Crippen molar-refractivity contribution in [3.63, 3.8) is 0 Å². The molecule has 1 unspecified atom stereocenters. The van der Waals surface area contributed by atoms with Crippen LogP contribution in [0.15, 0.2) is 4.99 Å². The normalized spacial score (nSPS) is 16.9. The number of fused-ring (bicyclic) bond motifs is 1. The van der Waals surface area contributed by atoms with Crippen LogP contribution < -0.4 is 16.0 Å². The third-order valence-corrected chi connectivity index (χ3v) is 4.39. The van der Waals surface area contributed by atoms with E-state index in [0.717, 1.165) is 25.2 Å². The van der Waals surface area contributed by atoms with Crippen LogP contribution in [0.4, 0.5) is 0 Å². The third kappa shape index (κ3) is 6.59. The van der Waals surface area contributed by atoms with Crippen molar-refractivity contribution in [1.82, 2.24) is 30.7 Å². The molecule has 1 aliphatic heterocycles. The maximum atomic E-state index is 12.1. The Labute approximate surface area is 178 Å². The summed E-state index contributed by atoms with van der Waals surface area (Å²) in [5.41, 5.74) is -0.520. The number of methoxy groups -OCH3 is 1. The minimum atomic E-state index is -0.520. The molecule has 0 fully saturated rings. The minimum Gasteiger partial charge on any atom is -0.377 e. The number of halogens is 1. The molecule has 2 rings (SSSR count). The van der Waals surface area contributed by atoms with E-state index in [1.54, 1.807) is 14.2 Å². The van der Waals surface area contributed by atoms with Gasteiger partial charge in [0.15, 0.2) is 11.8 Å². The van der Waals surface area contributed by atoms with Gasteiger partial charge in [-0.15, -0.1) is 24.0 Å². The zero-order valence-corrected chi connectivity index (χ0v) is 19.2. The lowest BCUT2D eigenvalue weighted by atomic mass is 9.92. The van der Waals surface area contributed by atoms with E-state index in [1.807, 2.05) is 25.5 Å². The molecule has 0 saturated carbocycles. The van der Waals surface area contributed by atoms with Crippen molar-refractivity contribution in [2.45, 2.75) is 52.8 Å². The summed E-state index contributed by atoms with van der Waals surface area (Å²) in [4.78, 5) is 20.9. The lowest BCUT2D eigenvalue weighted by molar-refractivity contribution is -0.128. The number of aliphatic imine (C=N–C) groups is 1. The molecule has 0 spiro atoms. The van der Waals surface area contributed by atoms with Gasteiger partial charge in [-0.25, -0.2) is 9.67 Å². The van der Waals surface area contributed by atoms with Crippen molar-refractivity contribution < 1.29 is 9.53 Å². The van der Waals surface area contributed by atoms with Crippen molar-refractivity contribution in [1.29, 1.82) is 0 Å². The minimum absolute atomic E-state index is 0. The van der Waals surface area contributed by atoms with Gasteiger partial charge in [0.1, 0.15) is 12.4 Å². The SMILES string of the molecule is CCNC(=O)C(C)(C)CNC(=NC)NC1CCc2nc(COC)nn2C1.I. The van der Waals surface area contributed by atoms with Crippen molar-refractivity contribution in [3.8, 4) is 0 Å². The fraction of sp³-hybridized carbons (Fsp3) is 0.765. The predicted molar refractivity (Wildman–Crippen MR) is 115 cm³/mol. The number of carbonyl (C=O) groups is 1. The largest absolute Gasteiger partial charge is 0.377 e. The monoisotopic (exact) mass is 493 g/mol. The molecule has 2 heterocycles. The molecule has 154 valence electrons. The molecule has 1 aromatic rings. The quantitative estimate of drug-likeness (QED) is 0.293. The standard InChI is InChI=1S/C17H31N7O2.HI/c1-6-19-15(25)17(2,3)11-20-16(18-4)21-12-7-8-14-22-13(10-26-5)23-24(14)9-12;/h12H,6-11H2,1-5H3,(H,19,25)(H2,18,20,21);1H. The molecule has 0 aliphatic carbocycles. The number of hydrogen-bond acceptors (Lipinski definition) is 5. The number of guanidine groups is 1. The first kappa shape index (κ1) is 23.6. The van der Waals surface area contributed by atoms with Crippen LogP contribution >= 0.6 is 24.0 Å². The highest BCUT2D eigenvalue weighted by Crippen LogP contribution is 2.15. The van der Waals surface area contributed by atoms with Gasteiger partial charge in [-0.05, 0) is 27.2 Å². The van der Waals surface area contributed by atoms with E-state index in [0.29, 0.717) is 31.5 Å². The van der Waals surface area contributed by atoms with Crippen LogP contribution in [0.1, 0.15) is 38.8 Å². The second-order valence-corrected chi connectivity index (χ2v) is 7.11. The van der Waals surface area contributed by atoms with Gasteiger partial charge in [0, 0.05) is 39.7 Å². The highest BCUT2D eigenvalue weighted by atomic mass is 127. The molecule has 0 aromatic carbocycles. The Kier molecular flexibility index (Phi) is 9.43. The summed E-state index contributed by atoms with van der Waals surface area (Å²) >= 11 is 0. The number of aryl methyl sites for hydroxylation is 1. The van der Waals surface area contributed by atoms with Gasteiger partial charge in [-0.2, -0.15) is 5.10 Å². The number of nitrogens with zero attached hydrogens (tertiary/aromatic N) is 4. The highest BCUT2D eigenvalue weighted by Gasteiger charge is 2.28. The molecule has 1 atom stereocenters. The summed E-state index contributed by atoms with van der Waals surface area (Å²) in [5.74, 6) is 2.43. The topological polar surface area (TPSA) is 105 Å². The summed E-state index contributed by atoms with van der Waals surface area (Å²) in [6, 6.07) is 0.207. The molecular weight excluding hydrogens is 461 g/mol. The molecule has 9 nitrogen and oxygen atoms in total. The molecule has 0 saturated heterocycles. The Morgan fingerprint density at radius 2 is 2.15 bits per heavy atom. The first-order chi connectivity index (χ1) is 12.4. The van der Waals surface area contributed by atoms with E-state index in [2.05, 4.69) is 31.0 Å². The average Bonchev–Trinajstić information content (AvgIpc) is 3.00. The van der Waals surface area contributed by atoms with E-state index >= 15 is 0 Å². The fourth-order valence-electron chi connectivity index (χ4n) is 2.84. The zero-order chi connectivity index (χ0) is 19.2. The van der Waals surface area contributed by atoms with Gasteiger partial charge >= 0.3 is 0 Å². The summed E-state index contributed by atoms with van der Waals surface area (Å²) in [7, 11) is 3.37. The smallest absolute Gasteiger partial charge is 0.227 e. The Hall–Kier alpha value is -1.43. The fourth-order valence-corrected chi connectivity index (χ4v) is 2.84. The van der Waals surface area contributed by atoms with E-state index in [1.165, 1.54) is 0 Å². The molecule has 0 radical (unpaired) electrons. The average molecular weight is 493 g/mol. The molecule has 3 N–H and O–H groups in total. The summed E-state index contributed by atoms with van der Waals surface area (Å²) in [6.45, 7) is 8.03. The first-order valence-corrected chi connectivity index (χ1v) is 9.06. The molecule has 10 heteroatoms. The van der Waals surface area contributed by atoms with Crippen molar-refractivity contribution in [2.24, 2.45) is 10.4 Å². The number of nitrogens with one attached hydrogen (secondary N) is 3. The maximum absolute atomic E-state index is 12.1. The van der Waals surface area contributed by atoms with Gasteiger partial charge in [0.05, 0.1) is 12.0 Å². The molecule has 0 bridgehead atoms. The lowest BCUT2D eigenvalue weighted by Crippen LogP contribution is -2.51. The summed E-state index contributed by atoms with van der Waals surface area (Å²) in [6.07, 6.45) is 1.81. The maximum Gasteiger partial charge on any atom is 0.227 e. The van der Waals surface area contributed by atoms with Crippen LogP contribution in [0.3, 0.4) is 0 Å². The lowest BCUT2D eigenvalue weighted by Gasteiger charge is -2.28. The second kappa shape index (κ2) is 10.8. The Morgan fingerprint density at radius 1 is 1.41 bits per heavy atom. The Morgan fingerprint density at radius 3 is 2.78 bits per heavy atom. The number of hydrogen-bond donors (Lipinski definition) is 3. The van der Waals surface area contributed by atoms with Crippen LogP contribution in [0, 0.1) is 5.41 Å². The first-order valence-electron chi connectivity index (χ1n) is 9.06. The van der Waals surface area contributed by atoms with Gasteiger partial charge in [-0.1, -0.05) is 0 Å². The Balaban J connectivity index is 0.00000364. The number of carbonyl (C=O) groups excluding carboxylic acids is 1. The highest BCUT2D eigenvalue weighted by molar-refractivity contribution is 14.0. The molecule has 27 heavy (non-hydrogen) atoms. The number of ether oxygens (including phenoxy) is 1. The Bertz CT molecular complexity index is 645. The number of rotatable bonds is 7. The van der Waals surface area contributed by atoms with E-state index < -0.39 is 5.41 Å². The van der Waals surface area contributed by atoms with Crippen molar-refractivity contribution >= 4 is 35.8 Å². The molecular formula is C17H32IN7O2. The van der Waals surface area contributed by atoms with E-state index in [4.69, 9.17) is 4.74 Å². The number of amides is 1. The zero-order valence-electron chi connectivity index (χ0n) is 16.8. The van der Waals surface area contributed by atoms with E-state index in [-0.39, 0.29) is 35.9 Å². The van der Waals surface area contributed by atoms with Crippen LogP contribution in [0.25, 0.3) is 0 Å². The van der Waals surface area contributed by atoms with Crippen molar-refractivity contribution in [2.75, 3.05) is 27.2 Å². The van der Waals surface area contributed by atoms with Gasteiger partial charge in [0.25, 0.3) is 0 Å². The predicted octanol–water partition coefficient (Wildman–Crippen LogP) is 0.685. The van der Waals surface area contributed by atoms with Gasteiger partial charge in [-0.3, -0.25) is 9.79 Å². The van der Waals surface area contributed by atoms with E-state index in [9.17, 15) is 4.79 Å². The van der Waals surface area contributed by atoms with Gasteiger partial charge in [0.2, 0.25) is 5.91 Å².